The maximum atomic E-state index is 13.0. The summed E-state index contributed by atoms with van der Waals surface area (Å²) in [6.07, 6.45) is 2.79. The van der Waals surface area contributed by atoms with Crippen molar-refractivity contribution in [2.75, 3.05) is 23.7 Å². The number of aromatic nitrogens is 2. The molecule has 0 atom stereocenters. The van der Waals surface area contributed by atoms with Crippen LogP contribution in [-0.2, 0) is 28.0 Å². The first-order chi connectivity index (χ1) is 21.9. The molecular formula is C37H43N5O4. The van der Waals surface area contributed by atoms with Crippen molar-refractivity contribution in [3.63, 3.8) is 0 Å². The molecule has 1 saturated heterocycles. The summed E-state index contributed by atoms with van der Waals surface area (Å²) in [7, 11) is 0. The fraction of sp³-hybridized carbons (Fsp3) is 0.351. The number of anilines is 2. The second kappa shape index (κ2) is 14.0. The van der Waals surface area contributed by atoms with Crippen molar-refractivity contribution in [2.45, 2.75) is 65.9 Å². The summed E-state index contributed by atoms with van der Waals surface area (Å²) in [6, 6.07) is 24.8. The van der Waals surface area contributed by atoms with Crippen LogP contribution in [0.5, 0.6) is 0 Å². The first-order valence-corrected chi connectivity index (χ1v) is 15.8. The van der Waals surface area contributed by atoms with Crippen LogP contribution in [0.15, 0.2) is 78.9 Å². The van der Waals surface area contributed by atoms with Gasteiger partial charge >= 0.3 is 12.0 Å². The molecule has 1 aromatic heterocycles. The summed E-state index contributed by atoms with van der Waals surface area (Å²) in [4.78, 5) is 39.0. The van der Waals surface area contributed by atoms with Gasteiger partial charge in [0, 0.05) is 42.7 Å². The molecule has 9 nitrogen and oxygen atoms in total. The maximum absolute atomic E-state index is 13.0. The van der Waals surface area contributed by atoms with E-state index in [1.165, 1.54) is 12.5 Å². The standard InChI is InChI=1S/C37H43N5O4/c1-25-6-16-32(17-7-25)42-34(23-33(40-42)37(3,4)5)39-36(45)38-31-14-10-27(11-15-31)22-28-18-20-41(21-19-28)35(44)30-12-8-29(9-13-30)24-46-26(2)43/h6-17,23,28H,18-22,24H2,1-5H3,(H2,38,39,45). The number of carbonyl (C=O) groups excluding carboxylic acids is 3. The number of hydrogen-bond donors (Lipinski definition) is 2. The van der Waals surface area contributed by atoms with Crippen molar-refractivity contribution in [3.05, 3.63) is 107 Å². The van der Waals surface area contributed by atoms with E-state index >= 15 is 0 Å². The molecule has 9 heteroatoms. The molecule has 0 radical (unpaired) electrons. The third-order valence-electron chi connectivity index (χ3n) is 8.28. The molecule has 5 rings (SSSR count). The summed E-state index contributed by atoms with van der Waals surface area (Å²) < 4.78 is 6.79. The molecule has 240 valence electrons. The van der Waals surface area contributed by atoms with E-state index in [0.29, 0.717) is 36.1 Å². The Morgan fingerprint density at radius 2 is 1.50 bits per heavy atom. The molecule has 2 N–H and O–H groups in total. The second-order valence-corrected chi connectivity index (χ2v) is 13.1. The summed E-state index contributed by atoms with van der Waals surface area (Å²) in [6.45, 7) is 11.3. The molecule has 0 bridgehead atoms. The van der Waals surface area contributed by atoms with Crippen molar-refractivity contribution in [1.29, 1.82) is 0 Å². The molecule has 3 amide bonds. The van der Waals surface area contributed by atoms with Crippen LogP contribution in [-0.4, -0.2) is 45.7 Å². The van der Waals surface area contributed by atoms with Gasteiger partial charge in [0.05, 0.1) is 11.4 Å². The number of hydrogen-bond acceptors (Lipinski definition) is 5. The molecule has 46 heavy (non-hydrogen) atoms. The lowest BCUT2D eigenvalue weighted by Gasteiger charge is -2.32. The Morgan fingerprint density at radius 1 is 0.870 bits per heavy atom. The zero-order valence-corrected chi connectivity index (χ0v) is 27.3. The largest absolute Gasteiger partial charge is 0.461 e. The molecule has 0 unspecified atom stereocenters. The molecule has 4 aromatic rings. The number of nitrogens with one attached hydrogen (secondary N) is 2. The normalized spacial score (nSPS) is 13.7. The first kappa shape index (κ1) is 32.5. The van der Waals surface area contributed by atoms with Gasteiger partial charge in [-0.05, 0) is 79.6 Å². The number of ether oxygens (including phenoxy) is 1. The molecule has 1 aliphatic heterocycles. The number of benzene rings is 3. The molecule has 1 fully saturated rings. The molecule has 0 aliphatic carbocycles. The number of urea groups is 1. The van der Waals surface area contributed by atoms with Crippen LogP contribution in [0, 0.1) is 12.8 Å². The van der Waals surface area contributed by atoms with Crippen LogP contribution < -0.4 is 10.6 Å². The van der Waals surface area contributed by atoms with Gasteiger partial charge in [-0.1, -0.05) is 62.7 Å². The third kappa shape index (κ3) is 8.41. The van der Waals surface area contributed by atoms with Crippen molar-refractivity contribution < 1.29 is 19.1 Å². The van der Waals surface area contributed by atoms with Gasteiger partial charge in [0.25, 0.3) is 5.91 Å². The lowest BCUT2D eigenvalue weighted by molar-refractivity contribution is -0.142. The van der Waals surface area contributed by atoms with E-state index in [4.69, 9.17) is 9.84 Å². The number of aryl methyl sites for hydroxylation is 1. The topological polar surface area (TPSA) is 106 Å². The Morgan fingerprint density at radius 3 is 2.11 bits per heavy atom. The molecular weight excluding hydrogens is 578 g/mol. The van der Waals surface area contributed by atoms with Gasteiger partial charge in [-0.15, -0.1) is 0 Å². The Balaban J connectivity index is 1.12. The van der Waals surface area contributed by atoms with Crippen molar-refractivity contribution in [2.24, 2.45) is 5.92 Å². The minimum Gasteiger partial charge on any atom is -0.461 e. The quantitative estimate of drug-likeness (QED) is 0.201. The summed E-state index contributed by atoms with van der Waals surface area (Å²) in [5.41, 5.74) is 6.15. The fourth-order valence-corrected chi connectivity index (χ4v) is 5.51. The van der Waals surface area contributed by atoms with E-state index in [9.17, 15) is 14.4 Å². The molecule has 3 aromatic carbocycles. The highest BCUT2D eigenvalue weighted by molar-refractivity contribution is 5.99. The second-order valence-electron chi connectivity index (χ2n) is 13.1. The van der Waals surface area contributed by atoms with Gasteiger partial charge in [0.1, 0.15) is 12.4 Å². The average Bonchev–Trinajstić information content (AvgIpc) is 3.46. The minimum absolute atomic E-state index is 0.0303. The predicted molar refractivity (Wildman–Crippen MR) is 180 cm³/mol. The minimum atomic E-state index is -0.336. The van der Waals surface area contributed by atoms with Crippen molar-refractivity contribution in [3.8, 4) is 5.69 Å². The van der Waals surface area contributed by atoms with E-state index < -0.39 is 0 Å². The van der Waals surface area contributed by atoms with Crippen LogP contribution in [0.4, 0.5) is 16.3 Å². The summed E-state index contributed by atoms with van der Waals surface area (Å²) in [5, 5.41) is 10.7. The highest BCUT2D eigenvalue weighted by Crippen LogP contribution is 2.27. The SMILES string of the molecule is CC(=O)OCc1ccc(C(=O)N2CCC(Cc3ccc(NC(=O)Nc4cc(C(C)(C)C)nn4-c4ccc(C)cc4)cc3)CC2)cc1. The number of carbonyl (C=O) groups is 3. The van der Waals surface area contributed by atoms with Crippen LogP contribution >= 0.6 is 0 Å². The van der Waals surface area contributed by atoms with Crippen LogP contribution in [0.25, 0.3) is 5.69 Å². The van der Waals surface area contributed by atoms with Crippen LogP contribution in [0.1, 0.15) is 73.3 Å². The van der Waals surface area contributed by atoms with Gasteiger partial charge in [-0.3, -0.25) is 14.9 Å². The van der Waals surface area contributed by atoms with Gasteiger partial charge in [0.2, 0.25) is 0 Å². The maximum Gasteiger partial charge on any atom is 0.324 e. The van der Waals surface area contributed by atoms with E-state index in [-0.39, 0.29) is 29.9 Å². The molecule has 0 spiro atoms. The number of amides is 3. The Kier molecular flexibility index (Phi) is 9.90. The zero-order valence-electron chi connectivity index (χ0n) is 27.3. The van der Waals surface area contributed by atoms with Crippen LogP contribution in [0.3, 0.4) is 0 Å². The summed E-state index contributed by atoms with van der Waals surface area (Å²) in [5.74, 6) is 0.787. The van der Waals surface area contributed by atoms with Gasteiger partial charge < -0.3 is 15.0 Å². The van der Waals surface area contributed by atoms with Crippen molar-refractivity contribution >= 4 is 29.4 Å². The Hall–Kier alpha value is -4.92. The number of rotatable bonds is 8. The highest BCUT2D eigenvalue weighted by Gasteiger charge is 2.24. The first-order valence-electron chi connectivity index (χ1n) is 15.8. The van der Waals surface area contributed by atoms with E-state index in [1.54, 1.807) is 16.8 Å². The smallest absolute Gasteiger partial charge is 0.324 e. The molecule has 0 saturated carbocycles. The molecule has 2 heterocycles. The van der Waals surface area contributed by atoms with Gasteiger partial charge in [-0.2, -0.15) is 5.10 Å². The monoisotopic (exact) mass is 621 g/mol. The third-order valence-corrected chi connectivity index (χ3v) is 8.28. The molecule has 1 aliphatic rings. The zero-order chi connectivity index (χ0) is 32.8. The predicted octanol–water partition coefficient (Wildman–Crippen LogP) is 7.28. The number of esters is 1. The van der Waals surface area contributed by atoms with Crippen molar-refractivity contribution in [1.82, 2.24) is 14.7 Å². The van der Waals surface area contributed by atoms with Crippen LogP contribution in [0.2, 0.25) is 0 Å². The van der Waals surface area contributed by atoms with E-state index in [2.05, 4.69) is 43.5 Å². The van der Waals surface area contributed by atoms with E-state index in [1.807, 2.05) is 66.4 Å². The van der Waals surface area contributed by atoms with Gasteiger partial charge in [-0.25, -0.2) is 9.48 Å². The number of piperidine rings is 1. The number of likely N-dealkylation sites (tertiary alicyclic amines) is 1. The lowest BCUT2D eigenvalue weighted by atomic mass is 9.90. The number of nitrogens with zero attached hydrogens (tertiary/aromatic N) is 3. The Bertz CT molecular complexity index is 1660. The lowest BCUT2D eigenvalue weighted by Crippen LogP contribution is -2.38. The fourth-order valence-electron chi connectivity index (χ4n) is 5.51. The Labute approximate surface area is 271 Å². The van der Waals surface area contributed by atoms with E-state index in [0.717, 1.165) is 41.8 Å². The highest BCUT2D eigenvalue weighted by atomic mass is 16.5. The average molecular weight is 622 g/mol. The van der Waals surface area contributed by atoms with Gasteiger partial charge in [0.15, 0.2) is 0 Å². The summed E-state index contributed by atoms with van der Waals surface area (Å²) >= 11 is 0.